The smallest absolute Gasteiger partial charge is 0.187 e. The summed E-state index contributed by atoms with van der Waals surface area (Å²) in [4.78, 5) is 10.8. The second-order valence-corrected chi connectivity index (χ2v) is 2.27. The summed E-state index contributed by atoms with van der Waals surface area (Å²) in [6.07, 6.45) is 1.69. The fourth-order valence-corrected chi connectivity index (χ4v) is 0.909. The largest absolute Gasteiger partial charge is 0.501 e. The molecular formula is C7H10O3. The Labute approximate surface area is 59.3 Å². The number of methoxy groups -OCH3 is 1. The molecule has 0 radical (unpaired) electrons. The first kappa shape index (κ1) is 7.28. The topological polar surface area (TPSA) is 46.5 Å². The zero-order valence-corrected chi connectivity index (χ0v) is 5.83. The van der Waals surface area contributed by atoms with Gasteiger partial charge in [-0.2, -0.15) is 0 Å². The van der Waals surface area contributed by atoms with E-state index >= 15 is 0 Å². The number of allylic oxidation sites excluding steroid dienone is 1. The summed E-state index contributed by atoms with van der Waals surface area (Å²) in [5.74, 6) is 0.415. The van der Waals surface area contributed by atoms with Crippen LogP contribution >= 0.6 is 0 Å². The Morgan fingerprint density at radius 2 is 2.50 bits per heavy atom. The first-order valence-electron chi connectivity index (χ1n) is 3.20. The van der Waals surface area contributed by atoms with Crippen molar-refractivity contribution < 1.29 is 14.6 Å². The zero-order valence-electron chi connectivity index (χ0n) is 5.83. The van der Waals surface area contributed by atoms with Gasteiger partial charge < -0.3 is 9.84 Å². The second kappa shape index (κ2) is 2.84. The lowest BCUT2D eigenvalue weighted by atomic mass is 10.0. The van der Waals surface area contributed by atoms with E-state index in [1.54, 1.807) is 0 Å². The molecule has 0 aliphatic heterocycles. The van der Waals surface area contributed by atoms with Gasteiger partial charge in [0.2, 0.25) is 0 Å². The minimum Gasteiger partial charge on any atom is -0.501 e. The first-order chi connectivity index (χ1) is 4.74. The number of ketones is 1. The van der Waals surface area contributed by atoms with Crippen LogP contribution in [0, 0.1) is 0 Å². The van der Waals surface area contributed by atoms with Crippen LogP contribution in [0.3, 0.4) is 0 Å². The van der Waals surface area contributed by atoms with Gasteiger partial charge in [-0.05, 0) is 6.42 Å². The summed E-state index contributed by atoms with van der Waals surface area (Å²) in [7, 11) is 1.52. The molecule has 1 N–H and O–H groups in total. The van der Waals surface area contributed by atoms with Crippen molar-refractivity contribution in [2.75, 3.05) is 7.11 Å². The summed E-state index contributed by atoms with van der Waals surface area (Å²) in [6, 6.07) is 0. The van der Waals surface area contributed by atoms with E-state index in [2.05, 4.69) is 0 Å². The van der Waals surface area contributed by atoms with Gasteiger partial charge in [-0.25, -0.2) is 0 Å². The van der Waals surface area contributed by atoms with Crippen molar-refractivity contribution in [1.29, 1.82) is 0 Å². The number of rotatable bonds is 1. The highest BCUT2D eigenvalue weighted by Crippen LogP contribution is 2.15. The molecule has 3 heteroatoms. The van der Waals surface area contributed by atoms with E-state index in [-0.39, 0.29) is 5.78 Å². The van der Waals surface area contributed by atoms with Crippen molar-refractivity contribution in [3.05, 3.63) is 11.8 Å². The Morgan fingerprint density at radius 1 is 1.80 bits per heavy atom. The SMILES string of the molecule is COC1=CC(=O)[C@H](O)CC1. The lowest BCUT2D eigenvalue weighted by Crippen LogP contribution is -2.22. The van der Waals surface area contributed by atoms with E-state index in [9.17, 15) is 4.79 Å². The van der Waals surface area contributed by atoms with Crippen LogP contribution in [0.1, 0.15) is 12.8 Å². The molecule has 0 amide bonds. The molecule has 0 saturated heterocycles. The maximum Gasteiger partial charge on any atom is 0.187 e. The van der Waals surface area contributed by atoms with Gasteiger partial charge in [0.15, 0.2) is 5.78 Å². The van der Waals surface area contributed by atoms with E-state index in [0.717, 1.165) is 0 Å². The van der Waals surface area contributed by atoms with Crippen molar-refractivity contribution in [3.63, 3.8) is 0 Å². The molecule has 0 bridgehead atoms. The van der Waals surface area contributed by atoms with Crippen LogP contribution in [0.2, 0.25) is 0 Å². The zero-order chi connectivity index (χ0) is 7.56. The molecule has 0 heterocycles. The minimum absolute atomic E-state index is 0.247. The summed E-state index contributed by atoms with van der Waals surface area (Å²) in [5.41, 5.74) is 0. The molecule has 1 aliphatic carbocycles. The standard InChI is InChI=1S/C7H10O3/c1-10-5-2-3-6(8)7(9)4-5/h4,6,8H,2-3H2,1H3/t6-/m1/s1. The second-order valence-electron chi connectivity index (χ2n) is 2.27. The fourth-order valence-electron chi connectivity index (χ4n) is 0.909. The Kier molecular flexibility index (Phi) is 2.06. The maximum atomic E-state index is 10.8. The van der Waals surface area contributed by atoms with Crippen LogP contribution in [-0.4, -0.2) is 24.1 Å². The van der Waals surface area contributed by atoms with Gasteiger partial charge in [0.05, 0.1) is 12.9 Å². The summed E-state index contributed by atoms with van der Waals surface area (Å²) >= 11 is 0. The van der Waals surface area contributed by atoms with Gasteiger partial charge >= 0.3 is 0 Å². The highest BCUT2D eigenvalue weighted by atomic mass is 16.5. The average Bonchev–Trinajstić information content (AvgIpc) is 1.95. The van der Waals surface area contributed by atoms with Crippen LogP contribution in [0.5, 0.6) is 0 Å². The Hall–Kier alpha value is -0.830. The fraction of sp³-hybridized carbons (Fsp3) is 0.571. The molecule has 0 unspecified atom stereocenters. The minimum atomic E-state index is -0.807. The average molecular weight is 142 g/mol. The van der Waals surface area contributed by atoms with Crippen molar-refractivity contribution in [2.24, 2.45) is 0 Å². The summed E-state index contributed by atoms with van der Waals surface area (Å²) < 4.78 is 4.84. The highest BCUT2D eigenvalue weighted by Gasteiger charge is 2.19. The number of carbonyl (C=O) groups excluding carboxylic acids is 1. The number of ether oxygens (including phenoxy) is 1. The van der Waals surface area contributed by atoms with Gasteiger partial charge in [-0.15, -0.1) is 0 Å². The molecule has 0 saturated carbocycles. The number of hydrogen-bond acceptors (Lipinski definition) is 3. The number of carbonyl (C=O) groups is 1. The van der Waals surface area contributed by atoms with Gasteiger partial charge in [0.25, 0.3) is 0 Å². The van der Waals surface area contributed by atoms with Gasteiger partial charge in [0.1, 0.15) is 6.10 Å². The number of aliphatic hydroxyl groups is 1. The molecular weight excluding hydrogens is 132 g/mol. The van der Waals surface area contributed by atoms with Crippen LogP contribution in [0.4, 0.5) is 0 Å². The molecule has 0 aromatic heterocycles. The summed E-state index contributed by atoms with van der Waals surface area (Å²) in [5, 5.41) is 8.94. The Morgan fingerprint density at radius 3 is 3.00 bits per heavy atom. The highest BCUT2D eigenvalue weighted by molar-refractivity contribution is 5.94. The van der Waals surface area contributed by atoms with E-state index in [1.165, 1.54) is 13.2 Å². The van der Waals surface area contributed by atoms with Gasteiger partial charge in [-0.3, -0.25) is 4.79 Å². The monoisotopic (exact) mass is 142 g/mol. The first-order valence-corrected chi connectivity index (χ1v) is 3.20. The van der Waals surface area contributed by atoms with E-state index < -0.39 is 6.10 Å². The molecule has 0 aromatic rings. The van der Waals surface area contributed by atoms with E-state index in [0.29, 0.717) is 18.6 Å². The van der Waals surface area contributed by atoms with Crippen molar-refractivity contribution in [3.8, 4) is 0 Å². The van der Waals surface area contributed by atoms with Crippen LogP contribution in [0.25, 0.3) is 0 Å². The third-order valence-corrected chi connectivity index (χ3v) is 1.56. The van der Waals surface area contributed by atoms with Gasteiger partial charge in [0, 0.05) is 12.5 Å². The van der Waals surface area contributed by atoms with Crippen LogP contribution in [0.15, 0.2) is 11.8 Å². The maximum absolute atomic E-state index is 10.8. The lowest BCUT2D eigenvalue weighted by molar-refractivity contribution is -0.123. The van der Waals surface area contributed by atoms with Gasteiger partial charge in [-0.1, -0.05) is 0 Å². The quantitative estimate of drug-likeness (QED) is 0.570. The molecule has 56 valence electrons. The Bertz CT molecular complexity index is 172. The molecule has 0 aromatic carbocycles. The van der Waals surface area contributed by atoms with Crippen molar-refractivity contribution in [2.45, 2.75) is 18.9 Å². The molecule has 0 spiro atoms. The third-order valence-electron chi connectivity index (χ3n) is 1.56. The molecule has 1 atom stereocenters. The predicted molar refractivity (Wildman–Crippen MR) is 35.3 cm³/mol. The molecule has 1 rings (SSSR count). The molecule has 1 aliphatic rings. The third kappa shape index (κ3) is 1.36. The van der Waals surface area contributed by atoms with Crippen molar-refractivity contribution in [1.82, 2.24) is 0 Å². The van der Waals surface area contributed by atoms with E-state index in [4.69, 9.17) is 9.84 Å². The number of aliphatic hydroxyl groups excluding tert-OH is 1. The molecule has 0 fully saturated rings. The predicted octanol–water partition coefficient (Wildman–Crippen LogP) is 0.240. The van der Waals surface area contributed by atoms with E-state index in [1.807, 2.05) is 0 Å². The van der Waals surface area contributed by atoms with Crippen LogP contribution in [-0.2, 0) is 9.53 Å². The normalized spacial score (nSPS) is 26.0. The number of hydrogen-bond donors (Lipinski definition) is 1. The van der Waals surface area contributed by atoms with Crippen molar-refractivity contribution >= 4 is 5.78 Å². The Balaban J connectivity index is 2.66. The van der Waals surface area contributed by atoms with Crippen LogP contribution < -0.4 is 0 Å². The lowest BCUT2D eigenvalue weighted by Gasteiger charge is -2.14. The molecule has 3 nitrogen and oxygen atoms in total. The summed E-state index contributed by atoms with van der Waals surface area (Å²) in [6.45, 7) is 0. The molecule has 10 heavy (non-hydrogen) atoms.